The number of anilines is 2. The molecule has 35 heavy (non-hydrogen) atoms. The molecule has 0 aliphatic heterocycles. The van der Waals surface area contributed by atoms with Crippen LogP contribution in [0.2, 0.25) is 0 Å². The second kappa shape index (κ2) is 12.2. The molecule has 1 amide bonds. The van der Waals surface area contributed by atoms with Crippen molar-refractivity contribution in [3.05, 3.63) is 89.5 Å². The molecule has 0 aliphatic rings. The molecule has 8 heteroatoms. The van der Waals surface area contributed by atoms with E-state index in [0.29, 0.717) is 30.0 Å². The summed E-state index contributed by atoms with van der Waals surface area (Å²) in [7, 11) is -3.69. The Kier molecular flexibility index (Phi) is 9.03. The lowest BCUT2D eigenvalue weighted by molar-refractivity contribution is -0.116. The molecule has 3 rings (SSSR count). The third kappa shape index (κ3) is 7.96. The summed E-state index contributed by atoms with van der Waals surface area (Å²) in [6.45, 7) is 4.35. The van der Waals surface area contributed by atoms with Gasteiger partial charge in [0.25, 0.3) is 10.0 Å². The number of benzene rings is 3. The van der Waals surface area contributed by atoms with Crippen molar-refractivity contribution in [2.75, 3.05) is 16.6 Å². The average molecular weight is 495 g/mol. The lowest BCUT2D eigenvalue weighted by atomic mass is 10.1. The van der Waals surface area contributed by atoms with Gasteiger partial charge in [-0.25, -0.2) is 13.2 Å². The smallest absolute Gasteiger partial charge is 0.338 e. The summed E-state index contributed by atoms with van der Waals surface area (Å²) in [6, 6.07) is 20.1. The van der Waals surface area contributed by atoms with Crippen LogP contribution >= 0.6 is 0 Å². The molecule has 0 saturated heterocycles. The molecule has 0 radical (unpaired) electrons. The average Bonchev–Trinajstić information content (AvgIpc) is 2.85. The Balaban J connectivity index is 1.49. The minimum absolute atomic E-state index is 0.152. The van der Waals surface area contributed by atoms with E-state index in [-0.39, 0.29) is 23.2 Å². The molecule has 7 nitrogen and oxygen atoms in total. The van der Waals surface area contributed by atoms with Crippen LogP contribution in [0.15, 0.2) is 77.7 Å². The number of rotatable bonds is 11. The van der Waals surface area contributed by atoms with E-state index in [1.807, 2.05) is 26.0 Å². The maximum Gasteiger partial charge on any atom is 0.338 e. The number of unbranched alkanes of at least 4 members (excludes halogenated alkanes) is 1. The van der Waals surface area contributed by atoms with Crippen molar-refractivity contribution in [1.82, 2.24) is 0 Å². The molecule has 0 unspecified atom stereocenters. The Morgan fingerprint density at radius 3 is 2.11 bits per heavy atom. The predicted octanol–water partition coefficient (Wildman–Crippen LogP) is 5.32. The van der Waals surface area contributed by atoms with E-state index in [1.54, 1.807) is 48.5 Å². The Morgan fingerprint density at radius 2 is 1.49 bits per heavy atom. The van der Waals surface area contributed by atoms with Crippen LogP contribution < -0.4 is 10.0 Å². The zero-order valence-corrected chi connectivity index (χ0v) is 20.7. The molecule has 184 valence electrons. The first-order valence-electron chi connectivity index (χ1n) is 11.5. The summed E-state index contributed by atoms with van der Waals surface area (Å²) in [5, 5.41) is 2.80. The highest BCUT2D eigenvalue weighted by Crippen LogP contribution is 2.18. The number of sulfonamides is 1. The van der Waals surface area contributed by atoms with Gasteiger partial charge < -0.3 is 10.1 Å². The van der Waals surface area contributed by atoms with Crippen LogP contribution in [-0.2, 0) is 26.0 Å². The first-order valence-corrected chi connectivity index (χ1v) is 13.0. The number of hydrogen-bond donors (Lipinski definition) is 2. The van der Waals surface area contributed by atoms with Gasteiger partial charge in [-0.3, -0.25) is 9.52 Å². The molecular weight excluding hydrogens is 464 g/mol. The molecular formula is C27H30N2O5S. The second-order valence-corrected chi connectivity index (χ2v) is 9.91. The number of nitrogens with one attached hydrogen (secondary N) is 2. The van der Waals surface area contributed by atoms with Crippen molar-refractivity contribution in [3.8, 4) is 0 Å². The number of carbonyl (C=O) groups is 2. The number of carbonyl (C=O) groups excluding carboxylic acids is 2. The number of hydrogen-bond acceptors (Lipinski definition) is 5. The van der Waals surface area contributed by atoms with E-state index < -0.39 is 10.0 Å². The van der Waals surface area contributed by atoms with Gasteiger partial charge >= 0.3 is 5.97 Å². The van der Waals surface area contributed by atoms with E-state index in [0.717, 1.165) is 24.0 Å². The SMILES string of the molecule is CCCCOC(=O)c1ccc(NC(=O)CCc2ccc(S(=O)(=O)Nc3ccc(C)cc3)cc2)cc1. The van der Waals surface area contributed by atoms with Crippen molar-refractivity contribution in [1.29, 1.82) is 0 Å². The zero-order chi connectivity index (χ0) is 25.3. The van der Waals surface area contributed by atoms with Gasteiger partial charge in [-0.1, -0.05) is 43.2 Å². The molecule has 0 spiro atoms. The van der Waals surface area contributed by atoms with E-state index in [4.69, 9.17) is 4.74 Å². The Morgan fingerprint density at radius 1 is 0.857 bits per heavy atom. The van der Waals surface area contributed by atoms with E-state index in [9.17, 15) is 18.0 Å². The molecule has 0 fully saturated rings. The molecule has 0 aromatic heterocycles. The summed E-state index contributed by atoms with van der Waals surface area (Å²) in [4.78, 5) is 24.4. The normalized spacial score (nSPS) is 11.0. The van der Waals surface area contributed by atoms with Gasteiger partial charge in [0.1, 0.15) is 0 Å². The van der Waals surface area contributed by atoms with Crippen LogP contribution in [0.5, 0.6) is 0 Å². The fourth-order valence-electron chi connectivity index (χ4n) is 3.23. The number of amides is 1. The first kappa shape index (κ1) is 26.0. The zero-order valence-electron chi connectivity index (χ0n) is 19.9. The fourth-order valence-corrected chi connectivity index (χ4v) is 4.29. The molecule has 0 saturated carbocycles. The topological polar surface area (TPSA) is 102 Å². The molecule has 0 atom stereocenters. The van der Waals surface area contributed by atoms with Crippen molar-refractivity contribution in [2.24, 2.45) is 0 Å². The van der Waals surface area contributed by atoms with E-state index in [2.05, 4.69) is 10.0 Å². The second-order valence-electron chi connectivity index (χ2n) is 8.23. The van der Waals surface area contributed by atoms with E-state index >= 15 is 0 Å². The summed E-state index contributed by atoms with van der Waals surface area (Å²) in [5.74, 6) is -0.558. The van der Waals surface area contributed by atoms with Gasteiger partial charge in [0.2, 0.25) is 5.91 Å². The molecule has 0 bridgehead atoms. The minimum atomic E-state index is -3.69. The van der Waals surface area contributed by atoms with Gasteiger partial charge in [-0.05, 0) is 73.9 Å². The van der Waals surface area contributed by atoms with Crippen LogP contribution in [0.25, 0.3) is 0 Å². The predicted molar refractivity (Wildman–Crippen MR) is 137 cm³/mol. The number of esters is 1. The van der Waals surface area contributed by atoms with E-state index in [1.165, 1.54) is 12.1 Å². The molecule has 0 aliphatic carbocycles. The Hall–Kier alpha value is -3.65. The van der Waals surface area contributed by atoms with Crippen LogP contribution in [0.1, 0.15) is 47.7 Å². The largest absolute Gasteiger partial charge is 0.462 e. The van der Waals surface area contributed by atoms with Gasteiger partial charge in [0, 0.05) is 17.8 Å². The van der Waals surface area contributed by atoms with Gasteiger partial charge in [-0.2, -0.15) is 0 Å². The standard InChI is InChI=1S/C27H30N2O5S/c1-3-4-19-34-27(31)22-10-14-23(15-11-22)28-26(30)18-9-21-7-16-25(17-8-21)35(32,33)29-24-12-5-20(2)6-13-24/h5-8,10-17,29H,3-4,9,18-19H2,1-2H3,(H,28,30). The van der Waals surface area contributed by atoms with Crippen molar-refractivity contribution >= 4 is 33.3 Å². The third-order valence-corrected chi connectivity index (χ3v) is 6.71. The van der Waals surface area contributed by atoms with Crippen LogP contribution in [0, 0.1) is 6.92 Å². The van der Waals surface area contributed by atoms with Crippen molar-refractivity contribution in [2.45, 2.75) is 44.4 Å². The number of aryl methyl sites for hydroxylation is 2. The highest BCUT2D eigenvalue weighted by molar-refractivity contribution is 7.92. The van der Waals surface area contributed by atoms with Gasteiger partial charge in [0.05, 0.1) is 17.1 Å². The summed E-state index contributed by atoms with van der Waals surface area (Å²) in [6.07, 6.45) is 2.46. The highest BCUT2D eigenvalue weighted by Gasteiger charge is 2.14. The first-order chi connectivity index (χ1) is 16.8. The fraction of sp³-hybridized carbons (Fsp3) is 0.259. The van der Waals surface area contributed by atoms with Crippen molar-refractivity contribution < 1.29 is 22.7 Å². The van der Waals surface area contributed by atoms with Crippen LogP contribution in [0.3, 0.4) is 0 Å². The molecule has 0 heterocycles. The maximum atomic E-state index is 12.6. The maximum absolute atomic E-state index is 12.6. The van der Waals surface area contributed by atoms with Crippen molar-refractivity contribution in [3.63, 3.8) is 0 Å². The molecule has 3 aromatic carbocycles. The van der Waals surface area contributed by atoms with Gasteiger partial charge in [-0.15, -0.1) is 0 Å². The Labute approximate surface area is 206 Å². The highest BCUT2D eigenvalue weighted by atomic mass is 32.2. The lowest BCUT2D eigenvalue weighted by Crippen LogP contribution is -2.14. The van der Waals surface area contributed by atoms with Crippen LogP contribution in [0.4, 0.5) is 11.4 Å². The summed E-state index contributed by atoms with van der Waals surface area (Å²) < 4.78 is 32.9. The summed E-state index contributed by atoms with van der Waals surface area (Å²) >= 11 is 0. The number of ether oxygens (including phenoxy) is 1. The quantitative estimate of drug-likeness (QED) is 0.277. The minimum Gasteiger partial charge on any atom is -0.462 e. The molecule has 2 N–H and O–H groups in total. The van der Waals surface area contributed by atoms with Gasteiger partial charge in [0.15, 0.2) is 0 Å². The van der Waals surface area contributed by atoms with Crippen LogP contribution in [-0.4, -0.2) is 26.9 Å². The summed E-state index contributed by atoms with van der Waals surface area (Å²) in [5.41, 5.74) is 3.41. The third-order valence-electron chi connectivity index (χ3n) is 5.31. The Bertz CT molecular complexity index is 1240. The monoisotopic (exact) mass is 494 g/mol. The lowest BCUT2D eigenvalue weighted by Gasteiger charge is -2.10. The molecule has 3 aromatic rings.